The maximum absolute atomic E-state index is 9.81. The van der Waals surface area contributed by atoms with E-state index in [0.717, 1.165) is 44.1 Å². The molecule has 0 spiro atoms. The minimum atomic E-state index is 0. The Labute approximate surface area is 188 Å². The van der Waals surface area contributed by atoms with Gasteiger partial charge in [-0.2, -0.15) is 0 Å². The van der Waals surface area contributed by atoms with Gasteiger partial charge in [0.2, 0.25) is 0 Å². The van der Waals surface area contributed by atoms with Gasteiger partial charge in [0.25, 0.3) is 0 Å². The summed E-state index contributed by atoms with van der Waals surface area (Å²) < 4.78 is 5.44. The number of nitrogens with one attached hydrogen (secondary N) is 2. The van der Waals surface area contributed by atoms with E-state index in [1.165, 1.54) is 6.42 Å². The van der Waals surface area contributed by atoms with E-state index in [2.05, 4.69) is 48.2 Å². The smallest absolute Gasteiger partial charge is 0.191 e. The lowest BCUT2D eigenvalue weighted by molar-refractivity contribution is 0.292. The molecule has 6 nitrogen and oxygen atoms in total. The van der Waals surface area contributed by atoms with E-state index >= 15 is 0 Å². The summed E-state index contributed by atoms with van der Waals surface area (Å²) in [4.78, 5) is 7.13. The molecule has 0 fully saturated rings. The van der Waals surface area contributed by atoms with E-state index in [9.17, 15) is 5.11 Å². The predicted octanol–water partition coefficient (Wildman–Crippen LogP) is 3.97. The summed E-state index contributed by atoms with van der Waals surface area (Å²) in [6, 6.07) is 5.74. The van der Waals surface area contributed by atoms with E-state index in [1.54, 1.807) is 6.07 Å². The number of phenolic OH excluding ortho intramolecular Hbond substituents is 1. The van der Waals surface area contributed by atoms with Crippen molar-refractivity contribution >= 4 is 29.9 Å². The third kappa shape index (κ3) is 10.4. The van der Waals surface area contributed by atoms with Gasteiger partial charge in [0.05, 0.1) is 13.2 Å². The van der Waals surface area contributed by atoms with Crippen LogP contribution >= 0.6 is 24.0 Å². The SMILES string of the molecule is CCNC(=NCc1ccc(O)c(OCC)c1)NC(C)CCCN(CC)CC.I. The molecule has 0 aromatic heterocycles. The van der Waals surface area contributed by atoms with Gasteiger partial charge in [0, 0.05) is 12.6 Å². The van der Waals surface area contributed by atoms with Crippen LogP contribution in [0, 0.1) is 0 Å². The van der Waals surface area contributed by atoms with Crippen molar-refractivity contribution in [3.63, 3.8) is 0 Å². The van der Waals surface area contributed by atoms with Crippen LogP contribution in [0.15, 0.2) is 23.2 Å². The van der Waals surface area contributed by atoms with Gasteiger partial charge in [0.15, 0.2) is 17.5 Å². The van der Waals surface area contributed by atoms with Gasteiger partial charge in [0.1, 0.15) is 0 Å². The molecule has 0 aliphatic heterocycles. The highest BCUT2D eigenvalue weighted by atomic mass is 127. The summed E-state index contributed by atoms with van der Waals surface area (Å²) in [6.07, 6.45) is 2.28. The van der Waals surface area contributed by atoms with Crippen LogP contribution in [0.25, 0.3) is 0 Å². The second-order valence-corrected chi connectivity index (χ2v) is 6.64. The molecule has 28 heavy (non-hydrogen) atoms. The molecule has 7 heteroatoms. The highest BCUT2D eigenvalue weighted by molar-refractivity contribution is 14.0. The van der Waals surface area contributed by atoms with Crippen LogP contribution < -0.4 is 15.4 Å². The number of guanidine groups is 1. The Hall–Kier alpha value is -1.22. The predicted molar refractivity (Wildman–Crippen MR) is 129 cm³/mol. The van der Waals surface area contributed by atoms with Gasteiger partial charge in [-0.15, -0.1) is 24.0 Å². The Balaban J connectivity index is 0.00000729. The van der Waals surface area contributed by atoms with Crippen LogP contribution in [0.3, 0.4) is 0 Å². The van der Waals surface area contributed by atoms with Crippen molar-refractivity contribution in [1.29, 1.82) is 0 Å². The zero-order valence-electron chi connectivity index (χ0n) is 18.1. The molecular weight excluding hydrogens is 467 g/mol. The zero-order valence-corrected chi connectivity index (χ0v) is 20.5. The normalized spacial score (nSPS) is 12.4. The third-order valence-corrected chi connectivity index (χ3v) is 4.48. The van der Waals surface area contributed by atoms with Crippen molar-refractivity contribution in [2.24, 2.45) is 4.99 Å². The van der Waals surface area contributed by atoms with Gasteiger partial charge < -0.3 is 25.4 Å². The number of aliphatic imine (C=N–C) groups is 1. The molecule has 0 aliphatic rings. The molecule has 0 amide bonds. The largest absolute Gasteiger partial charge is 0.504 e. The van der Waals surface area contributed by atoms with E-state index in [-0.39, 0.29) is 29.7 Å². The summed E-state index contributed by atoms with van der Waals surface area (Å²) in [7, 11) is 0. The average Bonchev–Trinajstić information content (AvgIpc) is 2.66. The van der Waals surface area contributed by atoms with Gasteiger partial charge in [-0.1, -0.05) is 19.9 Å². The lowest BCUT2D eigenvalue weighted by Gasteiger charge is -2.21. The standard InChI is InChI=1S/C21H38N4O2.HI/c1-6-22-21(24-17(5)11-10-14-25(7-2)8-3)23-16-18-12-13-19(26)20(15-18)27-9-4;/h12-13,15,17,26H,6-11,14,16H2,1-5H3,(H2,22,23,24);1H. The zero-order chi connectivity index (χ0) is 20.1. The first kappa shape index (κ1) is 26.8. The first-order valence-electron chi connectivity index (χ1n) is 10.3. The fourth-order valence-electron chi connectivity index (χ4n) is 2.88. The van der Waals surface area contributed by atoms with Crippen molar-refractivity contribution in [2.45, 2.75) is 60.0 Å². The number of hydrogen-bond acceptors (Lipinski definition) is 4. The first-order chi connectivity index (χ1) is 13.0. The Morgan fingerprint density at radius 3 is 2.54 bits per heavy atom. The minimum absolute atomic E-state index is 0. The Morgan fingerprint density at radius 2 is 1.93 bits per heavy atom. The molecule has 0 heterocycles. The minimum Gasteiger partial charge on any atom is -0.504 e. The van der Waals surface area contributed by atoms with Crippen molar-refractivity contribution < 1.29 is 9.84 Å². The molecule has 1 atom stereocenters. The van der Waals surface area contributed by atoms with Crippen LogP contribution in [0.5, 0.6) is 11.5 Å². The maximum atomic E-state index is 9.81. The monoisotopic (exact) mass is 506 g/mol. The number of phenols is 1. The van der Waals surface area contributed by atoms with Crippen molar-refractivity contribution in [3.05, 3.63) is 23.8 Å². The highest BCUT2D eigenvalue weighted by Gasteiger charge is 2.08. The summed E-state index contributed by atoms with van der Waals surface area (Å²) in [5, 5.41) is 16.6. The maximum Gasteiger partial charge on any atom is 0.191 e. The fraction of sp³-hybridized carbons (Fsp3) is 0.667. The van der Waals surface area contributed by atoms with E-state index in [1.807, 2.05) is 19.1 Å². The Bertz CT molecular complexity index is 565. The topological polar surface area (TPSA) is 69.1 Å². The molecule has 3 N–H and O–H groups in total. The summed E-state index contributed by atoms with van der Waals surface area (Å²) in [6.45, 7) is 15.8. The Morgan fingerprint density at radius 1 is 1.21 bits per heavy atom. The lowest BCUT2D eigenvalue weighted by atomic mass is 10.2. The molecule has 1 aromatic carbocycles. The van der Waals surface area contributed by atoms with Crippen LogP contribution in [0.1, 0.15) is 53.0 Å². The second kappa shape index (κ2) is 15.7. The van der Waals surface area contributed by atoms with E-state index in [0.29, 0.717) is 24.9 Å². The van der Waals surface area contributed by atoms with Gasteiger partial charge in [-0.3, -0.25) is 0 Å². The molecular formula is C21H39IN4O2. The molecule has 0 aliphatic carbocycles. The lowest BCUT2D eigenvalue weighted by Crippen LogP contribution is -2.42. The molecule has 1 unspecified atom stereocenters. The molecule has 0 saturated heterocycles. The molecule has 162 valence electrons. The second-order valence-electron chi connectivity index (χ2n) is 6.64. The van der Waals surface area contributed by atoms with Gasteiger partial charge in [-0.25, -0.2) is 4.99 Å². The summed E-state index contributed by atoms with van der Waals surface area (Å²) in [5.74, 6) is 1.49. The van der Waals surface area contributed by atoms with Gasteiger partial charge in [-0.05, 0) is 70.9 Å². The average molecular weight is 506 g/mol. The van der Waals surface area contributed by atoms with Crippen molar-refractivity contribution in [1.82, 2.24) is 15.5 Å². The molecule has 1 rings (SSSR count). The van der Waals surface area contributed by atoms with Gasteiger partial charge >= 0.3 is 0 Å². The van der Waals surface area contributed by atoms with Crippen LogP contribution in [-0.2, 0) is 6.54 Å². The number of hydrogen-bond donors (Lipinski definition) is 3. The number of aromatic hydroxyl groups is 1. The fourth-order valence-corrected chi connectivity index (χ4v) is 2.88. The number of ether oxygens (including phenoxy) is 1. The summed E-state index contributed by atoms with van der Waals surface area (Å²) >= 11 is 0. The van der Waals surface area contributed by atoms with Crippen molar-refractivity contribution in [3.8, 4) is 11.5 Å². The molecule has 0 radical (unpaired) electrons. The highest BCUT2D eigenvalue weighted by Crippen LogP contribution is 2.27. The molecule has 0 bridgehead atoms. The van der Waals surface area contributed by atoms with E-state index in [4.69, 9.17) is 4.74 Å². The quantitative estimate of drug-likeness (QED) is 0.227. The van der Waals surface area contributed by atoms with Crippen LogP contribution in [0.2, 0.25) is 0 Å². The number of nitrogens with zero attached hydrogens (tertiary/aromatic N) is 2. The number of rotatable bonds is 12. The van der Waals surface area contributed by atoms with Crippen LogP contribution in [-0.4, -0.2) is 54.8 Å². The van der Waals surface area contributed by atoms with Crippen LogP contribution in [0.4, 0.5) is 0 Å². The summed E-state index contributed by atoms with van der Waals surface area (Å²) in [5.41, 5.74) is 1.00. The first-order valence-corrected chi connectivity index (χ1v) is 10.3. The molecule has 0 saturated carbocycles. The number of benzene rings is 1. The Kier molecular flexibility index (Phi) is 15.0. The van der Waals surface area contributed by atoms with Crippen molar-refractivity contribution in [2.75, 3.05) is 32.8 Å². The molecule has 1 aromatic rings. The van der Waals surface area contributed by atoms with E-state index < -0.39 is 0 Å². The third-order valence-electron chi connectivity index (χ3n) is 4.48. The number of halogens is 1.